The van der Waals surface area contributed by atoms with Crippen molar-refractivity contribution < 1.29 is 33.8 Å². The number of rotatable bonds is 7. The van der Waals surface area contributed by atoms with Gasteiger partial charge in [-0.3, -0.25) is 19.4 Å². The van der Waals surface area contributed by atoms with E-state index < -0.39 is 0 Å². The fourth-order valence-corrected chi connectivity index (χ4v) is 8.99. The second kappa shape index (κ2) is 19.3. The number of fused-ring (bicyclic) bond motifs is 1. The number of methoxy groups -OCH3 is 2. The number of phenols is 1. The van der Waals surface area contributed by atoms with Gasteiger partial charge in [0, 0.05) is 82.6 Å². The number of carbonyl (C=O) groups is 4. The van der Waals surface area contributed by atoms with Crippen LogP contribution in [0, 0.1) is 5.92 Å². The van der Waals surface area contributed by atoms with Crippen LogP contribution in [0.4, 0.5) is 15.3 Å². The van der Waals surface area contributed by atoms with Crippen LogP contribution in [0.1, 0.15) is 43.7 Å². The molecular weight excluding hydrogens is 812 g/mol. The second-order valence-corrected chi connectivity index (χ2v) is 15.9. The molecule has 4 aliphatic rings. The number of para-hydroxylation sites is 1. The lowest BCUT2D eigenvalue weighted by Gasteiger charge is -2.43. The Balaban J connectivity index is 0.000000216. The SMILES string of the molecule is COC(=O)CN1CCC(N2CCN(C(=O)[C@H](C)Cc3cc(Br)c(O)c(Br)c3)CC2)CC1.COC(=O)N1CCC(N2CCc3ccccc3NC2=O)CC1. The molecule has 13 nitrogen and oxygen atoms in total. The Kier molecular flexibility index (Phi) is 14.8. The predicted octanol–water partition coefficient (Wildman–Crippen LogP) is 5.18. The largest absolute Gasteiger partial charge is 0.506 e. The molecule has 4 aliphatic heterocycles. The predicted molar refractivity (Wildman–Crippen MR) is 209 cm³/mol. The number of hydrogen-bond donors (Lipinski definition) is 2. The van der Waals surface area contributed by atoms with E-state index in [1.54, 1.807) is 4.90 Å². The summed E-state index contributed by atoms with van der Waals surface area (Å²) in [6.07, 6.45) is 4.88. The number of esters is 1. The number of aromatic hydroxyl groups is 1. The van der Waals surface area contributed by atoms with E-state index >= 15 is 0 Å². The van der Waals surface area contributed by atoms with E-state index in [2.05, 4.69) is 53.0 Å². The summed E-state index contributed by atoms with van der Waals surface area (Å²) >= 11 is 6.71. The van der Waals surface area contributed by atoms with Gasteiger partial charge >= 0.3 is 18.1 Å². The zero-order chi connectivity index (χ0) is 38.1. The first-order chi connectivity index (χ1) is 25.5. The number of carbonyl (C=O) groups excluding carboxylic acids is 4. The van der Waals surface area contributed by atoms with Crippen molar-refractivity contribution in [3.63, 3.8) is 0 Å². The van der Waals surface area contributed by atoms with Gasteiger partial charge in [0.05, 0.1) is 29.7 Å². The molecule has 4 amide bonds. The van der Waals surface area contributed by atoms with Gasteiger partial charge in [0.15, 0.2) is 0 Å². The van der Waals surface area contributed by atoms with Crippen LogP contribution in [-0.2, 0) is 31.9 Å². The van der Waals surface area contributed by atoms with Crippen molar-refractivity contribution >= 4 is 61.5 Å². The smallest absolute Gasteiger partial charge is 0.409 e. The lowest BCUT2D eigenvalue weighted by atomic mass is 9.98. The topological polar surface area (TPSA) is 135 Å². The third-order valence-electron chi connectivity index (χ3n) is 10.8. The van der Waals surface area contributed by atoms with Crippen molar-refractivity contribution in [3.05, 3.63) is 56.5 Å². The van der Waals surface area contributed by atoms with Gasteiger partial charge in [-0.05, 0) is 99.7 Å². The number of nitrogens with one attached hydrogen (secondary N) is 1. The molecule has 0 bridgehead atoms. The van der Waals surface area contributed by atoms with Crippen molar-refractivity contribution in [2.45, 2.75) is 57.5 Å². The third kappa shape index (κ3) is 10.9. The Morgan fingerprint density at radius 1 is 0.849 bits per heavy atom. The lowest BCUT2D eigenvalue weighted by molar-refractivity contribution is -0.142. The summed E-state index contributed by atoms with van der Waals surface area (Å²) in [7, 11) is 2.83. The van der Waals surface area contributed by atoms with Crippen LogP contribution >= 0.6 is 31.9 Å². The number of nitrogens with zero attached hydrogens (tertiary/aromatic N) is 5. The molecule has 6 rings (SSSR count). The highest BCUT2D eigenvalue weighted by Crippen LogP contribution is 2.34. The van der Waals surface area contributed by atoms with Crippen molar-refractivity contribution in [3.8, 4) is 5.75 Å². The zero-order valence-corrected chi connectivity index (χ0v) is 34.1. The number of hydrogen-bond acceptors (Lipinski definition) is 9. The molecule has 4 heterocycles. The molecule has 0 spiro atoms. The Morgan fingerprint density at radius 2 is 1.47 bits per heavy atom. The van der Waals surface area contributed by atoms with Crippen molar-refractivity contribution in [2.24, 2.45) is 5.92 Å². The average molecular weight is 865 g/mol. The molecule has 1 atom stereocenters. The van der Waals surface area contributed by atoms with Crippen molar-refractivity contribution in [1.29, 1.82) is 0 Å². The minimum atomic E-state index is -0.286. The van der Waals surface area contributed by atoms with Crippen LogP contribution in [0.15, 0.2) is 45.3 Å². The number of urea groups is 1. The van der Waals surface area contributed by atoms with E-state index in [9.17, 15) is 24.3 Å². The maximum Gasteiger partial charge on any atom is 0.409 e. The number of amides is 4. The van der Waals surface area contributed by atoms with Crippen LogP contribution in [0.2, 0.25) is 0 Å². The van der Waals surface area contributed by atoms with Gasteiger partial charge < -0.3 is 34.6 Å². The maximum atomic E-state index is 13.0. The van der Waals surface area contributed by atoms with Gasteiger partial charge in [0.1, 0.15) is 5.75 Å². The van der Waals surface area contributed by atoms with E-state index in [1.165, 1.54) is 19.8 Å². The Morgan fingerprint density at radius 3 is 2.09 bits per heavy atom. The van der Waals surface area contributed by atoms with E-state index in [-0.39, 0.29) is 41.7 Å². The first-order valence-corrected chi connectivity index (χ1v) is 20.0. The number of piperazine rings is 1. The number of halogens is 2. The highest BCUT2D eigenvalue weighted by molar-refractivity contribution is 9.11. The summed E-state index contributed by atoms with van der Waals surface area (Å²) in [5.74, 6) is 0.0750. The van der Waals surface area contributed by atoms with Crippen LogP contribution < -0.4 is 5.32 Å². The quantitative estimate of drug-likeness (QED) is 0.361. The number of ether oxygens (including phenoxy) is 2. The molecule has 15 heteroatoms. The minimum Gasteiger partial charge on any atom is -0.506 e. The summed E-state index contributed by atoms with van der Waals surface area (Å²) in [5, 5.41) is 12.9. The Bertz CT molecular complexity index is 1570. The molecule has 290 valence electrons. The number of anilines is 1. The molecule has 0 unspecified atom stereocenters. The van der Waals surface area contributed by atoms with E-state index in [4.69, 9.17) is 9.47 Å². The fourth-order valence-electron chi connectivity index (χ4n) is 7.71. The average Bonchev–Trinajstić information content (AvgIpc) is 3.34. The summed E-state index contributed by atoms with van der Waals surface area (Å²) in [6, 6.07) is 12.3. The first kappa shape index (κ1) is 40.8. The highest BCUT2D eigenvalue weighted by atomic mass is 79.9. The standard InChI is InChI=1S/C22H31Br2N3O4.C16H21N3O3/c1-15(11-16-12-18(23)21(29)19(24)13-16)22(30)27-9-7-26(8-10-27)17-3-5-25(6-4-17)14-20(28)31-2;1-22-16(21)18-9-7-13(8-10-18)19-11-6-12-4-2-3-5-14(12)17-15(19)20/h12-13,15,17,29H,3-11,14H2,1-2H3;2-5,13H,6-11H2,1H3,(H,17,20)/t15-;/m1./s1. The zero-order valence-electron chi connectivity index (χ0n) is 30.9. The molecule has 0 radical (unpaired) electrons. The van der Waals surface area contributed by atoms with Crippen LogP contribution in [0.25, 0.3) is 0 Å². The maximum absolute atomic E-state index is 13.0. The molecule has 2 aromatic carbocycles. The summed E-state index contributed by atoms with van der Waals surface area (Å²) in [6.45, 7) is 9.46. The Labute approximate surface area is 329 Å². The van der Waals surface area contributed by atoms with Gasteiger partial charge in [-0.25, -0.2) is 9.59 Å². The van der Waals surface area contributed by atoms with Gasteiger partial charge in [0.25, 0.3) is 0 Å². The van der Waals surface area contributed by atoms with Crippen LogP contribution in [0.5, 0.6) is 5.75 Å². The molecule has 3 fully saturated rings. The fraction of sp³-hybridized carbons (Fsp3) is 0.579. The number of likely N-dealkylation sites (tertiary alicyclic amines) is 2. The molecule has 0 aliphatic carbocycles. The summed E-state index contributed by atoms with van der Waals surface area (Å²) < 4.78 is 10.8. The number of phenolic OH excluding ortho intramolecular Hbond substituents is 1. The van der Waals surface area contributed by atoms with Gasteiger partial charge in [0.2, 0.25) is 5.91 Å². The molecule has 0 saturated carbocycles. The highest BCUT2D eigenvalue weighted by Gasteiger charge is 2.33. The van der Waals surface area contributed by atoms with Gasteiger partial charge in [-0.2, -0.15) is 0 Å². The molecule has 3 saturated heterocycles. The van der Waals surface area contributed by atoms with Crippen LogP contribution in [-0.4, -0.2) is 145 Å². The molecule has 2 aromatic rings. The van der Waals surface area contributed by atoms with Crippen molar-refractivity contribution in [2.75, 3.05) is 85.0 Å². The van der Waals surface area contributed by atoms with Crippen LogP contribution in [0.3, 0.4) is 0 Å². The van der Waals surface area contributed by atoms with E-state index in [0.29, 0.717) is 47.6 Å². The molecule has 0 aromatic heterocycles. The number of piperidine rings is 2. The van der Waals surface area contributed by atoms with E-state index in [0.717, 1.165) is 82.6 Å². The minimum absolute atomic E-state index is 0.0403. The normalized spacial score (nSPS) is 19.6. The molecular formula is C38H52Br2N6O7. The monoisotopic (exact) mass is 862 g/mol. The van der Waals surface area contributed by atoms with Gasteiger partial charge in [-0.1, -0.05) is 25.1 Å². The molecule has 2 N–H and O–H groups in total. The summed E-state index contributed by atoms with van der Waals surface area (Å²) in [5.41, 5.74) is 3.09. The van der Waals surface area contributed by atoms with Crippen molar-refractivity contribution in [1.82, 2.24) is 24.5 Å². The first-order valence-electron chi connectivity index (χ1n) is 18.4. The van der Waals surface area contributed by atoms with E-state index in [1.807, 2.05) is 47.1 Å². The Hall–Kier alpha value is -3.40. The number of benzene rings is 2. The third-order valence-corrected chi connectivity index (χ3v) is 12.0. The second-order valence-electron chi connectivity index (χ2n) is 14.2. The lowest BCUT2D eigenvalue weighted by Crippen LogP contribution is -2.55. The summed E-state index contributed by atoms with van der Waals surface area (Å²) in [4.78, 5) is 58.7. The van der Waals surface area contributed by atoms with Gasteiger partial charge in [-0.15, -0.1) is 0 Å². The molecule has 53 heavy (non-hydrogen) atoms.